The molecule has 0 saturated heterocycles. The van der Waals surface area contributed by atoms with Crippen molar-refractivity contribution < 1.29 is 4.39 Å². The van der Waals surface area contributed by atoms with E-state index in [1.54, 1.807) is 6.07 Å². The van der Waals surface area contributed by atoms with E-state index in [0.717, 1.165) is 11.3 Å². The lowest BCUT2D eigenvalue weighted by Gasteiger charge is -2.18. The van der Waals surface area contributed by atoms with Gasteiger partial charge in [-0.25, -0.2) is 4.39 Å². The van der Waals surface area contributed by atoms with Crippen LogP contribution in [-0.4, -0.2) is 0 Å². The van der Waals surface area contributed by atoms with E-state index in [9.17, 15) is 4.39 Å². The number of rotatable bonds is 3. The van der Waals surface area contributed by atoms with E-state index in [2.05, 4.69) is 37.4 Å². The van der Waals surface area contributed by atoms with Gasteiger partial charge in [0.25, 0.3) is 0 Å². The fraction of sp³-hybridized carbons (Fsp3) is 0.250. The van der Waals surface area contributed by atoms with Crippen molar-refractivity contribution >= 4 is 17.3 Å². The van der Waals surface area contributed by atoms with Crippen molar-refractivity contribution in [3.05, 3.63) is 63.9 Å². The summed E-state index contributed by atoms with van der Waals surface area (Å²) in [4.78, 5) is 0. The standard InChI is InChI=1S/C16H17ClFN/c1-10-6-11(2)8-14(7-10)19-12(3)15-5-4-13(18)9-16(15)17/h4-9,12,19H,1-3H3. The predicted octanol–water partition coefficient (Wildman–Crippen LogP) is 5.27. The molecule has 0 fully saturated rings. The minimum atomic E-state index is -0.313. The van der Waals surface area contributed by atoms with E-state index >= 15 is 0 Å². The number of anilines is 1. The van der Waals surface area contributed by atoms with Crippen LogP contribution in [0.1, 0.15) is 29.7 Å². The van der Waals surface area contributed by atoms with Gasteiger partial charge < -0.3 is 5.32 Å². The first-order valence-corrected chi connectivity index (χ1v) is 6.63. The maximum Gasteiger partial charge on any atom is 0.124 e. The van der Waals surface area contributed by atoms with Crippen LogP contribution in [0, 0.1) is 19.7 Å². The molecule has 0 bridgehead atoms. The molecule has 1 atom stereocenters. The van der Waals surface area contributed by atoms with Gasteiger partial charge in [-0.1, -0.05) is 23.7 Å². The molecule has 0 amide bonds. The molecule has 0 saturated carbocycles. The molecule has 100 valence electrons. The van der Waals surface area contributed by atoms with E-state index in [1.807, 2.05) is 6.92 Å². The Labute approximate surface area is 118 Å². The second-order valence-electron chi connectivity index (χ2n) is 4.91. The number of aryl methyl sites for hydroxylation is 2. The maximum atomic E-state index is 13.0. The predicted molar refractivity (Wildman–Crippen MR) is 79.4 cm³/mol. The summed E-state index contributed by atoms with van der Waals surface area (Å²) in [5.74, 6) is -0.313. The quantitative estimate of drug-likeness (QED) is 0.806. The average Bonchev–Trinajstić information content (AvgIpc) is 2.26. The molecular formula is C16H17ClFN. The van der Waals surface area contributed by atoms with Gasteiger partial charge in [0.05, 0.1) is 0 Å². The molecule has 0 aliphatic carbocycles. The van der Waals surface area contributed by atoms with Crippen LogP contribution in [0.4, 0.5) is 10.1 Å². The number of hydrogen-bond acceptors (Lipinski definition) is 1. The lowest BCUT2D eigenvalue weighted by atomic mass is 10.1. The minimum Gasteiger partial charge on any atom is -0.378 e. The van der Waals surface area contributed by atoms with Gasteiger partial charge in [-0.2, -0.15) is 0 Å². The number of hydrogen-bond donors (Lipinski definition) is 1. The summed E-state index contributed by atoms with van der Waals surface area (Å²) in [5, 5.41) is 3.84. The van der Waals surface area contributed by atoms with Crippen LogP contribution in [0.2, 0.25) is 5.02 Å². The lowest BCUT2D eigenvalue weighted by molar-refractivity contribution is 0.626. The van der Waals surface area contributed by atoms with Crippen LogP contribution in [0.15, 0.2) is 36.4 Å². The zero-order valence-electron chi connectivity index (χ0n) is 11.3. The molecule has 2 aromatic rings. The van der Waals surface area contributed by atoms with Gasteiger partial charge in [-0.3, -0.25) is 0 Å². The summed E-state index contributed by atoms with van der Waals surface area (Å²) < 4.78 is 13.0. The smallest absolute Gasteiger partial charge is 0.124 e. The second-order valence-corrected chi connectivity index (χ2v) is 5.32. The normalized spacial score (nSPS) is 12.3. The maximum absolute atomic E-state index is 13.0. The van der Waals surface area contributed by atoms with Crippen LogP contribution >= 0.6 is 11.6 Å². The van der Waals surface area contributed by atoms with Crippen LogP contribution in [-0.2, 0) is 0 Å². The van der Waals surface area contributed by atoms with Crippen molar-refractivity contribution in [3.63, 3.8) is 0 Å². The molecule has 0 spiro atoms. The van der Waals surface area contributed by atoms with Crippen molar-refractivity contribution in [2.24, 2.45) is 0 Å². The van der Waals surface area contributed by atoms with Gasteiger partial charge >= 0.3 is 0 Å². The zero-order chi connectivity index (χ0) is 14.0. The fourth-order valence-electron chi connectivity index (χ4n) is 2.24. The van der Waals surface area contributed by atoms with Crippen LogP contribution in [0.25, 0.3) is 0 Å². The first kappa shape index (κ1) is 13.9. The van der Waals surface area contributed by atoms with Gasteiger partial charge in [-0.15, -0.1) is 0 Å². The summed E-state index contributed by atoms with van der Waals surface area (Å²) in [6.07, 6.45) is 0. The van der Waals surface area contributed by atoms with Crippen molar-refractivity contribution in [1.82, 2.24) is 0 Å². The molecule has 3 heteroatoms. The van der Waals surface area contributed by atoms with Crippen molar-refractivity contribution in [3.8, 4) is 0 Å². The fourth-order valence-corrected chi connectivity index (χ4v) is 2.57. The van der Waals surface area contributed by atoms with E-state index in [-0.39, 0.29) is 11.9 Å². The van der Waals surface area contributed by atoms with E-state index in [4.69, 9.17) is 11.6 Å². The highest BCUT2D eigenvalue weighted by molar-refractivity contribution is 6.31. The number of nitrogens with one attached hydrogen (secondary N) is 1. The van der Waals surface area contributed by atoms with Crippen LogP contribution < -0.4 is 5.32 Å². The Morgan fingerprint density at radius 2 is 1.68 bits per heavy atom. The van der Waals surface area contributed by atoms with E-state index < -0.39 is 0 Å². The van der Waals surface area contributed by atoms with Crippen LogP contribution in [0.5, 0.6) is 0 Å². The second kappa shape index (κ2) is 5.62. The zero-order valence-corrected chi connectivity index (χ0v) is 12.1. The minimum absolute atomic E-state index is 0.0225. The third-order valence-corrected chi connectivity index (χ3v) is 3.36. The highest BCUT2D eigenvalue weighted by Gasteiger charge is 2.10. The molecule has 0 radical (unpaired) electrons. The Hall–Kier alpha value is -1.54. The Morgan fingerprint density at radius 1 is 1.05 bits per heavy atom. The van der Waals surface area contributed by atoms with Crippen molar-refractivity contribution in [2.45, 2.75) is 26.8 Å². The lowest BCUT2D eigenvalue weighted by Crippen LogP contribution is -2.07. The van der Waals surface area contributed by atoms with Crippen molar-refractivity contribution in [1.29, 1.82) is 0 Å². The first-order valence-electron chi connectivity index (χ1n) is 6.25. The van der Waals surface area contributed by atoms with Gasteiger partial charge in [-0.05, 0) is 61.7 Å². The molecule has 0 heterocycles. The monoisotopic (exact) mass is 277 g/mol. The molecule has 2 aromatic carbocycles. The largest absolute Gasteiger partial charge is 0.378 e. The molecule has 0 aliphatic heterocycles. The van der Waals surface area contributed by atoms with Crippen LogP contribution in [0.3, 0.4) is 0 Å². The Balaban J connectivity index is 2.22. The molecule has 0 aromatic heterocycles. The summed E-state index contributed by atoms with van der Waals surface area (Å²) in [6, 6.07) is 10.8. The topological polar surface area (TPSA) is 12.0 Å². The summed E-state index contributed by atoms with van der Waals surface area (Å²) in [7, 11) is 0. The van der Waals surface area contributed by atoms with Gasteiger partial charge in [0.15, 0.2) is 0 Å². The molecule has 1 N–H and O–H groups in total. The van der Waals surface area contributed by atoms with E-state index in [1.165, 1.54) is 23.3 Å². The Bertz CT molecular complexity index is 575. The highest BCUT2D eigenvalue weighted by Crippen LogP contribution is 2.27. The molecule has 1 unspecified atom stereocenters. The summed E-state index contributed by atoms with van der Waals surface area (Å²) in [6.45, 7) is 6.14. The molecule has 0 aliphatic rings. The Morgan fingerprint density at radius 3 is 2.26 bits per heavy atom. The van der Waals surface area contributed by atoms with E-state index in [0.29, 0.717) is 5.02 Å². The number of halogens is 2. The molecule has 1 nitrogen and oxygen atoms in total. The summed E-state index contributed by atoms with van der Waals surface area (Å²) in [5.41, 5.74) is 4.35. The number of benzene rings is 2. The summed E-state index contributed by atoms with van der Waals surface area (Å²) >= 11 is 6.07. The van der Waals surface area contributed by atoms with Gasteiger partial charge in [0, 0.05) is 16.8 Å². The molecular weight excluding hydrogens is 261 g/mol. The first-order chi connectivity index (χ1) is 8.95. The third-order valence-electron chi connectivity index (χ3n) is 3.03. The van der Waals surface area contributed by atoms with Gasteiger partial charge in [0.2, 0.25) is 0 Å². The third kappa shape index (κ3) is 3.48. The highest BCUT2D eigenvalue weighted by atomic mass is 35.5. The van der Waals surface area contributed by atoms with Crippen molar-refractivity contribution in [2.75, 3.05) is 5.32 Å². The molecule has 2 rings (SSSR count). The Kier molecular flexibility index (Phi) is 4.11. The van der Waals surface area contributed by atoms with Gasteiger partial charge in [0.1, 0.15) is 5.82 Å². The SMILES string of the molecule is Cc1cc(C)cc(NC(C)c2ccc(F)cc2Cl)c1. The average molecular weight is 278 g/mol. The molecule has 19 heavy (non-hydrogen) atoms.